The van der Waals surface area contributed by atoms with E-state index in [1.807, 2.05) is 18.2 Å². The van der Waals surface area contributed by atoms with Crippen LogP contribution in [0.5, 0.6) is 5.75 Å². The maximum atomic E-state index is 10.6. The molecule has 0 aliphatic heterocycles. The number of nitriles is 1. The van der Waals surface area contributed by atoms with Crippen molar-refractivity contribution in [3.63, 3.8) is 0 Å². The first-order valence-corrected chi connectivity index (χ1v) is 14.3. The van der Waals surface area contributed by atoms with E-state index in [4.69, 9.17) is 9.63 Å². The summed E-state index contributed by atoms with van der Waals surface area (Å²) < 4.78 is 21.4. The molecule has 0 aliphatic rings. The molecule has 0 radical (unpaired) electrons. The van der Waals surface area contributed by atoms with Crippen LogP contribution in [0.3, 0.4) is 0 Å². The van der Waals surface area contributed by atoms with Gasteiger partial charge in [0.2, 0.25) is 0 Å². The van der Waals surface area contributed by atoms with Gasteiger partial charge in [0.1, 0.15) is 12.4 Å². The third kappa shape index (κ3) is 9.13. The molecule has 3 aromatic rings. The second-order valence-electron chi connectivity index (χ2n) is 9.06. The zero-order valence-corrected chi connectivity index (χ0v) is 22.6. The smallest absolute Gasteiger partial charge is 0.493 e. The van der Waals surface area contributed by atoms with Crippen LogP contribution in [0.25, 0.3) is 10.4 Å². The number of aryl methyl sites for hydroxylation is 1. The molecule has 1 atom stereocenters. The van der Waals surface area contributed by atoms with Gasteiger partial charge < -0.3 is 10.1 Å². The molecule has 0 saturated carbocycles. The van der Waals surface area contributed by atoms with Crippen LogP contribution in [0.1, 0.15) is 48.9 Å². The van der Waals surface area contributed by atoms with Crippen LogP contribution in [-0.4, -0.2) is 24.7 Å². The average molecular weight is 526 g/mol. The zero-order chi connectivity index (χ0) is 25.8. The number of nitrogens with zero attached hydrogens (tertiary/aromatic N) is 1. The Morgan fingerprint density at radius 1 is 1.11 bits per heavy atom. The summed E-state index contributed by atoms with van der Waals surface area (Å²) in [4.78, 5) is 9.83. The molecule has 2 N–H and O–H groups in total. The Kier molecular flexibility index (Phi) is 11.5. The van der Waals surface area contributed by atoms with Crippen molar-refractivity contribution >= 4 is 19.6 Å². The van der Waals surface area contributed by atoms with Crippen molar-refractivity contribution in [3.8, 4) is 22.3 Å². The van der Waals surface area contributed by atoms with E-state index in [2.05, 4.69) is 65.5 Å². The normalized spacial score (nSPS) is 11.5. The summed E-state index contributed by atoms with van der Waals surface area (Å²) in [5.41, 5.74) is 5.29. The van der Waals surface area contributed by atoms with Gasteiger partial charge in [-0.05, 0) is 84.5 Å². The van der Waals surface area contributed by atoms with Crippen LogP contribution in [0.4, 0.5) is 0 Å². The number of hydrogen-bond acceptors (Lipinski definition) is 6. The van der Waals surface area contributed by atoms with Crippen molar-refractivity contribution in [1.82, 2.24) is 5.32 Å². The van der Waals surface area contributed by atoms with Gasteiger partial charge in [-0.15, -0.1) is 20.8 Å². The Balaban J connectivity index is 1.55. The SMILES string of the molecule is CC(C)Cc1ccc(CCCOc2ccc(CNCCCO[P+](=O)O)cc2-c2cccs2)cc1C#N. The molecular weight excluding hydrogens is 491 g/mol. The molecule has 0 fully saturated rings. The van der Waals surface area contributed by atoms with Gasteiger partial charge in [0.15, 0.2) is 0 Å². The van der Waals surface area contributed by atoms with E-state index in [9.17, 15) is 9.83 Å². The lowest BCUT2D eigenvalue weighted by Crippen LogP contribution is -2.16. The van der Waals surface area contributed by atoms with Crippen molar-refractivity contribution in [2.75, 3.05) is 19.8 Å². The van der Waals surface area contributed by atoms with Crippen LogP contribution in [0.15, 0.2) is 53.9 Å². The van der Waals surface area contributed by atoms with Crippen LogP contribution in [-0.2, 0) is 28.5 Å². The summed E-state index contributed by atoms with van der Waals surface area (Å²) in [6.45, 7) is 6.58. The Labute approximate surface area is 218 Å². The lowest BCUT2D eigenvalue weighted by atomic mass is 9.96. The zero-order valence-electron chi connectivity index (χ0n) is 20.9. The van der Waals surface area contributed by atoms with Gasteiger partial charge in [0.05, 0.1) is 18.2 Å². The molecule has 1 unspecified atom stereocenters. The maximum absolute atomic E-state index is 10.6. The monoisotopic (exact) mass is 525 g/mol. The first kappa shape index (κ1) is 28.0. The molecule has 0 amide bonds. The van der Waals surface area contributed by atoms with E-state index in [0.717, 1.165) is 52.1 Å². The van der Waals surface area contributed by atoms with E-state index in [1.165, 1.54) is 5.56 Å². The Morgan fingerprint density at radius 2 is 1.94 bits per heavy atom. The van der Waals surface area contributed by atoms with Crippen LogP contribution in [0, 0.1) is 17.2 Å². The molecule has 2 aromatic carbocycles. The number of nitrogens with one attached hydrogen (secondary N) is 1. The van der Waals surface area contributed by atoms with E-state index in [1.54, 1.807) is 11.3 Å². The lowest BCUT2D eigenvalue weighted by Gasteiger charge is -2.13. The van der Waals surface area contributed by atoms with Gasteiger partial charge in [-0.2, -0.15) is 5.26 Å². The predicted octanol–water partition coefficient (Wildman–Crippen LogP) is 6.64. The fraction of sp³-hybridized carbons (Fsp3) is 0.393. The molecule has 0 bridgehead atoms. The molecule has 190 valence electrons. The number of hydrogen-bond donors (Lipinski definition) is 2. The number of ether oxygens (including phenoxy) is 1. The minimum atomic E-state index is -2.52. The van der Waals surface area contributed by atoms with Crippen molar-refractivity contribution in [2.24, 2.45) is 5.92 Å². The summed E-state index contributed by atoms with van der Waals surface area (Å²) in [7, 11) is -2.52. The molecule has 0 aliphatic carbocycles. The van der Waals surface area contributed by atoms with Gasteiger partial charge in [0, 0.05) is 21.6 Å². The molecule has 3 rings (SSSR count). The first-order valence-electron chi connectivity index (χ1n) is 12.3. The first-order chi connectivity index (χ1) is 17.5. The summed E-state index contributed by atoms with van der Waals surface area (Å²) >= 11 is 1.68. The summed E-state index contributed by atoms with van der Waals surface area (Å²) in [6, 6.07) is 19.0. The third-order valence-electron chi connectivity index (χ3n) is 5.65. The molecule has 36 heavy (non-hydrogen) atoms. The van der Waals surface area contributed by atoms with Crippen molar-refractivity contribution in [1.29, 1.82) is 5.26 Å². The van der Waals surface area contributed by atoms with Gasteiger partial charge in [-0.3, -0.25) is 0 Å². The van der Waals surface area contributed by atoms with Crippen LogP contribution < -0.4 is 10.1 Å². The molecule has 6 nitrogen and oxygen atoms in total. The van der Waals surface area contributed by atoms with E-state index in [0.29, 0.717) is 32.0 Å². The maximum Gasteiger partial charge on any atom is 0.694 e. The highest BCUT2D eigenvalue weighted by Crippen LogP contribution is 2.34. The molecule has 8 heteroatoms. The van der Waals surface area contributed by atoms with Crippen molar-refractivity contribution in [3.05, 3.63) is 76.2 Å². The van der Waals surface area contributed by atoms with Crippen molar-refractivity contribution in [2.45, 2.75) is 46.1 Å². The van der Waals surface area contributed by atoms with Gasteiger partial charge in [-0.1, -0.05) is 38.1 Å². The Morgan fingerprint density at radius 3 is 2.67 bits per heavy atom. The lowest BCUT2D eigenvalue weighted by molar-refractivity contribution is 0.276. The highest BCUT2D eigenvalue weighted by molar-refractivity contribution is 7.32. The van der Waals surface area contributed by atoms with E-state index >= 15 is 0 Å². The summed E-state index contributed by atoms with van der Waals surface area (Å²) in [5.74, 6) is 1.39. The molecule has 1 aromatic heterocycles. The molecule has 1 heterocycles. The topological polar surface area (TPSA) is 91.6 Å². The summed E-state index contributed by atoms with van der Waals surface area (Å²) in [5, 5.41) is 14.9. The third-order valence-corrected chi connectivity index (χ3v) is 6.96. The second kappa shape index (κ2) is 14.8. The number of thiophene rings is 1. The fourth-order valence-corrected chi connectivity index (χ4v) is 5.00. The van der Waals surface area contributed by atoms with Gasteiger partial charge in [-0.25, -0.2) is 0 Å². The van der Waals surface area contributed by atoms with Gasteiger partial charge in [0.25, 0.3) is 0 Å². The Bertz CT molecular complexity index is 1160. The quantitative estimate of drug-likeness (QED) is 0.171. The van der Waals surface area contributed by atoms with Crippen LogP contribution >= 0.6 is 19.6 Å². The number of benzene rings is 2. The minimum Gasteiger partial charge on any atom is -0.493 e. The fourth-order valence-electron chi connectivity index (χ4n) is 3.97. The molecule has 0 saturated heterocycles. The predicted molar refractivity (Wildman–Crippen MR) is 145 cm³/mol. The highest BCUT2D eigenvalue weighted by Gasteiger charge is 2.12. The molecule has 0 spiro atoms. The average Bonchev–Trinajstić information content (AvgIpc) is 3.39. The van der Waals surface area contributed by atoms with E-state index in [-0.39, 0.29) is 6.61 Å². The molecular formula is C28H34N2O4PS+. The largest absolute Gasteiger partial charge is 0.694 e. The van der Waals surface area contributed by atoms with E-state index < -0.39 is 8.25 Å². The summed E-state index contributed by atoms with van der Waals surface area (Å²) in [6.07, 6.45) is 3.31. The minimum absolute atomic E-state index is 0.256. The highest BCUT2D eigenvalue weighted by atomic mass is 32.1. The second-order valence-corrected chi connectivity index (χ2v) is 10.7. The van der Waals surface area contributed by atoms with Crippen LogP contribution in [0.2, 0.25) is 0 Å². The number of rotatable bonds is 15. The van der Waals surface area contributed by atoms with Crippen molar-refractivity contribution < 1.29 is 18.7 Å². The van der Waals surface area contributed by atoms with Gasteiger partial charge >= 0.3 is 8.25 Å². The Hall–Kier alpha value is -2.59. The standard InChI is InChI=1S/C28H33N2O4PS/c1-21(2)16-24-10-8-22(17-25(24)19-29)6-3-13-33-27-11-9-23(18-26(27)28-7-4-15-36-28)20-30-12-5-14-34-35(31)32/h4,7-11,15,17-18,21,30H,3,5-6,12-14,16,20H2,1-2H3/p+1.